The van der Waals surface area contributed by atoms with E-state index in [0.29, 0.717) is 0 Å². The molecule has 0 aromatic heterocycles. The topological polar surface area (TPSA) is 32.3 Å². The average molecular weight is 122 g/mol. The normalized spacial score (nSPS) is 14.9. The van der Waals surface area contributed by atoms with Gasteiger partial charge in [0.1, 0.15) is 11.0 Å². The van der Waals surface area contributed by atoms with Crippen LogP contribution in [0.1, 0.15) is 0 Å². The van der Waals surface area contributed by atoms with Gasteiger partial charge in [0, 0.05) is 13.3 Å². The molecule has 0 rings (SSSR count). The summed E-state index contributed by atoms with van der Waals surface area (Å²) in [4.78, 5) is 0. The van der Waals surface area contributed by atoms with Crippen molar-refractivity contribution in [3.8, 4) is 0 Å². The lowest BCUT2D eigenvalue weighted by Gasteiger charge is -2.08. The summed E-state index contributed by atoms with van der Waals surface area (Å²) in [5, 5.41) is 0. The fourth-order valence-corrected chi connectivity index (χ4v) is 0.386. The maximum atomic E-state index is 10.3. The standard InChI is InChI=1S/C3H10N2OS/c1-4-5(2)7(3)6/h4H,1-3H3. The van der Waals surface area contributed by atoms with Gasteiger partial charge in [-0.3, -0.25) is 0 Å². The third-order valence-corrected chi connectivity index (χ3v) is 1.65. The fraction of sp³-hybridized carbons (Fsp3) is 1.00. The molecule has 0 spiro atoms. The molecule has 0 amide bonds. The summed E-state index contributed by atoms with van der Waals surface area (Å²) in [7, 11) is 2.55. The van der Waals surface area contributed by atoms with Crippen LogP contribution in [-0.4, -0.2) is 29.0 Å². The summed E-state index contributed by atoms with van der Waals surface area (Å²) in [5.41, 5.74) is 2.70. The van der Waals surface area contributed by atoms with Crippen LogP contribution in [0.3, 0.4) is 0 Å². The summed E-state index contributed by atoms with van der Waals surface area (Å²) < 4.78 is 11.9. The molecule has 0 aromatic carbocycles. The summed E-state index contributed by atoms with van der Waals surface area (Å²) in [5.74, 6) is 0. The van der Waals surface area contributed by atoms with E-state index in [1.54, 1.807) is 20.4 Å². The second-order valence-corrected chi connectivity index (χ2v) is 2.54. The van der Waals surface area contributed by atoms with E-state index >= 15 is 0 Å². The molecule has 44 valence electrons. The zero-order valence-electron chi connectivity index (χ0n) is 4.76. The van der Waals surface area contributed by atoms with Crippen molar-refractivity contribution >= 4 is 11.0 Å². The Morgan fingerprint density at radius 1 is 1.71 bits per heavy atom. The molecular weight excluding hydrogens is 112 g/mol. The third-order valence-electron chi connectivity index (χ3n) is 0.701. The van der Waals surface area contributed by atoms with Gasteiger partial charge in [0.05, 0.1) is 0 Å². The lowest BCUT2D eigenvalue weighted by molar-refractivity contribution is 0.440. The Labute approximate surface area is 46.3 Å². The quantitative estimate of drug-likeness (QED) is 0.493. The number of hydrogen-bond donors (Lipinski definition) is 1. The van der Waals surface area contributed by atoms with Crippen LogP contribution in [0.25, 0.3) is 0 Å². The van der Waals surface area contributed by atoms with Gasteiger partial charge in [0.15, 0.2) is 0 Å². The summed E-state index contributed by atoms with van der Waals surface area (Å²) in [6.07, 6.45) is 1.61. The first kappa shape index (κ1) is 7.07. The highest BCUT2D eigenvalue weighted by Gasteiger charge is 1.92. The summed E-state index contributed by atoms with van der Waals surface area (Å²) in [6.45, 7) is 0. The second-order valence-electron chi connectivity index (χ2n) is 1.14. The minimum atomic E-state index is -0.888. The van der Waals surface area contributed by atoms with Crippen LogP contribution in [0.4, 0.5) is 0 Å². The van der Waals surface area contributed by atoms with Gasteiger partial charge in [-0.1, -0.05) is 0 Å². The Bertz CT molecular complexity index is 75.3. The number of nitrogens with zero attached hydrogens (tertiary/aromatic N) is 1. The predicted octanol–water partition coefficient (Wildman–Crippen LogP) is -0.654. The van der Waals surface area contributed by atoms with Crippen LogP contribution in [-0.2, 0) is 11.0 Å². The van der Waals surface area contributed by atoms with Gasteiger partial charge in [-0.15, -0.1) is 0 Å². The third kappa shape index (κ3) is 2.73. The van der Waals surface area contributed by atoms with Crippen LogP contribution in [0.15, 0.2) is 0 Å². The van der Waals surface area contributed by atoms with Crippen molar-refractivity contribution in [2.75, 3.05) is 20.4 Å². The predicted molar refractivity (Wildman–Crippen MR) is 30.9 cm³/mol. The molecule has 0 radical (unpaired) electrons. The van der Waals surface area contributed by atoms with Gasteiger partial charge >= 0.3 is 0 Å². The highest BCUT2D eigenvalue weighted by Crippen LogP contribution is 1.74. The molecule has 0 aliphatic rings. The first-order chi connectivity index (χ1) is 3.18. The molecule has 0 heterocycles. The van der Waals surface area contributed by atoms with E-state index in [-0.39, 0.29) is 0 Å². The van der Waals surface area contributed by atoms with Crippen molar-refractivity contribution in [1.82, 2.24) is 9.84 Å². The van der Waals surface area contributed by atoms with Crippen molar-refractivity contribution in [3.05, 3.63) is 0 Å². The Hall–Kier alpha value is 0.0700. The first-order valence-electron chi connectivity index (χ1n) is 1.93. The minimum absolute atomic E-state index is 0.888. The molecule has 0 aliphatic heterocycles. The van der Waals surface area contributed by atoms with Gasteiger partial charge in [0.25, 0.3) is 0 Å². The summed E-state index contributed by atoms with van der Waals surface area (Å²) >= 11 is 0. The molecule has 0 aliphatic carbocycles. The highest BCUT2D eigenvalue weighted by molar-refractivity contribution is 7.81. The number of nitrogens with one attached hydrogen (secondary N) is 1. The van der Waals surface area contributed by atoms with Crippen LogP contribution < -0.4 is 5.43 Å². The van der Waals surface area contributed by atoms with Gasteiger partial charge in [-0.25, -0.2) is 9.63 Å². The molecule has 0 aromatic rings. The Morgan fingerprint density at radius 2 is 2.14 bits per heavy atom. The van der Waals surface area contributed by atoms with Crippen molar-refractivity contribution in [3.63, 3.8) is 0 Å². The maximum absolute atomic E-state index is 10.3. The largest absolute Gasteiger partial charge is 0.247 e. The summed E-state index contributed by atoms with van der Waals surface area (Å²) in [6, 6.07) is 0. The van der Waals surface area contributed by atoms with E-state index in [9.17, 15) is 4.21 Å². The monoisotopic (exact) mass is 122 g/mol. The van der Waals surface area contributed by atoms with Gasteiger partial charge < -0.3 is 0 Å². The molecular formula is C3H10N2OS. The van der Waals surface area contributed by atoms with Crippen LogP contribution in [0.2, 0.25) is 0 Å². The second kappa shape index (κ2) is 3.12. The molecule has 0 fully saturated rings. The fourth-order valence-electron chi connectivity index (χ4n) is 0.129. The molecule has 0 saturated carbocycles. The average Bonchev–Trinajstić information content (AvgIpc) is 1.65. The number of rotatable bonds is 2. The molecule has 7 heavy (non-hydrogen) atoms. The van der Waals surface area contributed by atoms with Gasteiger partial charge in [-0.2, -0.15) is 4.41 Å². The Kier molecular flexibility index (Phi) is 3.15. The van der Waals surface area contributed by atoms with Crippen molar-refractivity contribution in [2.24, 2.45) is 0 Å². The number of hydrogen-bond acceptors (Lipinski definition) is 2. The highest BCUT2D eigenvalue weighted by atomic mass is 32.2. The van der Waals surface area contributed by atoms with E-state index in [1.165, 1.54) is 4.41 Å². The zero-order valence-corrected chi connectivity index (χ0v) is 5.58. The van der Waals surface area contributed by atoms with Crippen LogP contribution >= 0.6 is 0 Å². The molecule has 0 saturated heterocycles. The number of hydrazine groups is 1. The van der Waals surface area contributed by atoms with E-state index in [2.05, 4.69) is 5.43 Å². The van der Waals surface area contributed by atoms with E-state index in [0.717, 1.165) is 0 Å². The molecule has 1 atom stereocenters. The maximum Gasteiger partial charge on any atom is 0.105 e. The smallest absolute Gasteiger partial charge is 0.105 e. The lowest BCUT2D eigenvalue weighted by Crippen LogP contribution is -2.31. The van der Waals surface area contributed by atoms with Crippen molar-refractivity contribution in [2.45, 2.75) is 0 Å². The zero-order chi connectivity index (χ0) is 5.86. The molecule has 1 unspecified atom stereocenters. The van der Waals surface area contributed by atoms with Gasteiger partial charge in [-0.05, 0) is 7.05 Å². The molecule has 3 nitrogen and oxygen atoms in total. The van der Waals surface area contributed by atoms with Gasteiger partial charge in [0.2, 0.25) is 0 Å². The molecule has 0 bridgehead atoms. The van der Waals surface area contributed by atoms with E-state index in [4.69, 9.17) is 0 Å². The van der Waals surface area contributed by atoms with E-state index in [1.807, 2.05) is 0 Å². The van der Waals surface area contributed by atoms with Crippen LogP contribution in [0, 0.1) is 0 Å². The van der Waals surface area contributed by atoms with Crippen molar-refractivity contribution < 1.29 is 4.21 Å². The van der Waals surface area contributed by atoms with Crippen molar-refractivity contribution in [1.29, 1.82) is 0 Å². The molecule has 1 N–H and O–H groups in total. The molecule has 4 heteroatoms. The lowest BCUT2D eigenvalue weighted by atomic mass is 11.4. The van der Waals surface area contributed by atoms with Crippen LogP contribution in [0.5, 0.6) is 0 Å². The Balaban J connectivity index is 3.34. The minimum Gasteiger partial charge on any atom is -0.247 e. The Morgan fingerprint density at radius 3 is 2.14 bits per heavy atom. The first-order valence-corrected chi connectivity index (χ1v) is 3.44. The SMILES string of the molecule is CNN(C)S(C)=O. The van der Waals surface area contributed by atoms with E-state index < -0.39 is 11.0 Å².